The fourth-order valence-electron chi connectivity index (χ4n) is 0. The molecule has 0 saturated carbocycles. The summed E-state index contributed by atoms with van der Waals surface area (Å²) in [6.45, 7) is 0. The zero-order chi connectivity index (χ0) is 0. The molecule has 1 nitrogen and oxygen atoms in total. The molecule has 0 heterocycles. The minimum atomic E-state index is 0. The van der Waals surface area contributed by atoms with Crippen LogP contribution in [-0.4, -0.2) is 72.6 Å². The van der Waals surface area contributed by atoms with Crippen molar-refractivity contribution in [3.05, 3.63) is 0 Å². The van der Waals surface area contributed by atoms with Crippen LogP contribution in [0.2, 0.25) is 0 Å². The largest absolute Gasteiger partial charge is 4.00 e. The number of hydrogen-bond acceptors (Lipinski definition) is 0. The van der Waals surface area contributed by atoms with E-state index >= 15 is 0 Å². The molecule has 0 bridgehead atoms. The molecular weight excluding hydrogens is 255 g/mol. The van der Waals surface area contributed by atoms with Gasteiger partial charge in [-0.1, -0.05) is 0 Å². The quantitative estimate of drug-likeness (QED) is 0.483. The maximum Gasteiger partial charge on any atom is 4.00 e. The first-order valence-corrected chi connectivity index (χ1v) is 0. The molecule has 0 aromatic rings. The third-order valence-electron chi connectivity index (χ3n) is 0. The van der Waals surface area contributed by atoms with Gasteiger partial charge in [0, 0.05) is 0 Å². The van der Waals surface area contributed by atoms with E-state index < -0.39 is 0 Å². The van der Waals surface area contributed by atoms with Gasteiger partial charge in [0.1, 0.15) is 0 Å². The second-order valence-electron chi connectivity index (χ2n) is 0. The van der Waals surface area contributed by atoms with Crippen molar-refractivity contribution in [2.45, 2.75) is 0 Å². The summed E-state index contributed by atoms with van der Waals surface area (Å²) in [4.78, 5) is 0. The summed E-state index contributed by atoms with van der Waals surface area (Å²) >= 11 is 0. The smallest absolute Gasteiger partial charge is 2.00 e. The van der Waals surface area contributed by atoms with Gasteiger partial charge in [-0.15, -0.1) is 0 Å². The van der Waals surface area contributed by atoms with Gasteiger partial charge in [-0.05, 0) is 0 Å². The molecule has 0 aliphatic carbocycles. The molecule has 0 aliphatic rings. The van der Waals surface area contributed by atoms with Gasteiger partial charge in [0.25, 0.3) is 0 Å². The first-order valence-electron chi connectivity index (χ1n) is 0. The minimum absolute atomic E-state index is 0. The SMILES string of the molecule is [Ca+2].[Cr+3].[O-2].[Si+4].[Sn+4]. The van der Waals surface area contributed by atoms with Crippen LogP contribution in [0.25, 0.3) is 0 Å². The average Bonchev–Trinajstić information content (AvgIpc) is 0. The molecule has 5 heteroatoms. The Morgan fingerprint density at radius 2 is 1.00 bits per heavy atom. The van der Waals surface area contributed by atoms with Crippen molar-refractivity contribution >= 4 is 72.6 Å². The van der Waals surface area contributed by atoms with E-state index in [2.05, 4.69) is 0 Å². The Kier molecular flexibility index (Phi) is 273. The van der Waals surface area contributed by atoms with E-state index in [0.717, 1.165) is 0 Å². The van der Waals surface area contributed by atoms with E-state index in [1.807, 2.05) is 0 Å². The Hall–Kier alpha value is 2.77. The van der Waals surface area contributed by atoms with Crippen molar-refractivity contribution < 1.29 is 22.8 Å². The van der Waals surface area contributed by atoms with Gasteiger partial charge in [-0.25, -0.2) is 0 Å². The summed E-state index contributed by atoms with van der Waals surface area (Å²) in [5.74, 6) is 0. The van der Waals surface area contributed by atoms with E-state index in [9.17, 15) is 0 Å². The van der Waals surface area contributed by atoms with Crippen LogP contribution < -0.4 is 0 Å². The molecule has 0 aliphatic heterocycles. The predicted molar refractivity (Wildman–Crippen MR) is 17.9 cm³/mol. The van der Waals surface area contributed by atoms with Gasteiger partial charge in [-0.2, -0.15) is 0 Å². The number of rotatable bonds is 0. The van der Waals surface area contributed by atoms with Crippen LogP contribution in [0.15, 0.2) is 0 Å². The normalized spacial score (nSPS) is 0. The van der Waals surface area contributed by atoms with Crippen LogP contribution >= 0.6 is 0 Å². The first-order chi connectivity index (χ1) is 0. The second kappa shape index (κ2) is 29.4. The molecule has 0 amide bonds. The van der Waals surface area contributed by atoms with E-state index in [0.29, 0.717) is 0 Å². The molecule has 0 spiro atoms. The second-order valence-corrected chi connectivity index (χ2v) is 0. The molecule has 0 rings (SSSR count). The van der Waals surface area contributed by atoms with Gasteiger partial charge in [0.15, 0.2) is 0 Å². The predicted octanol–water partition coefficient (Wildman–Crippen LogP) is -1.26. The van der Waals surface area contributed by atoms with Crippen molar-refractivity contribution in [3.8, 4) is 0 Å². The summed E-state index contributed by atoms with van der Waals surface area (Å²) in [7, 11) is 0. The molecule has 1 radical (unpaired) electrons. The molecular formula is CaCrOSiSn+11. The van der Waals surface area contributed by atoms with E-state index in [-0.39, 0.29) is 95.4 Å². The molecule has 0 N–H and O–H groups in total. The average molecular weight is 255 g/mol. The van der Waals surface area contributed by atoms with Crippen LogP contribution in [-0.2, 0) is 22.8 Å². The Morgan fingerprint density at radius 1 is 1.00 bits per heavy atom. The zero-order valence-electron chi connectivity index (χ0n) is 2.52. The number of hydrogen-bond donors (Lipinski definition) is 0. The third kappa shape index (κ3) is 20.1. The van der Waals surface area contributed by atoms with Crippen LogP contribution in [0.4, 0.5) is 0 Å². The van der Waals surface area contributed by atoms with Crippen molar-refractivity contribution in [1.82, 2.24) is 0 Å². The summed E-state index contributed by atoms with van der Waals surface area (Å²) in [5, 5.41) is 0. The van der Waals surface area contributed by atoms with Crippen LogP contribution in [0.5, 0.6) is 0 Å². The maximum atomic E-state index is 0. The maximum absolute atomic E-state index is 0. The van der Waals surface area contributed by atoms with Crippen molar-refractivity contribution in [2.24, 2.45) is 0 Å². The Balaban J connectivity index is 0. The van der Waals surface area contributed by atoms with Crippen LogP contribution in [0.1, 0.15) is 0 Å². The zero-order valence-corrected chi connectivity index (χ0v) is 9.86. The monoisotopic (exact) mass is 256 g/mol. The van der Waals surface area contributed by atoms with Crippen molar-refractivity contribution in [3.63, 3.8) is 0 Å². The molecule has 0 fully saturated rings. The fourth-order valence-corrected chi connectivity index (χ4v) is 0. The van der Waals surface area contributed by atoms with Gasteiger partial charge < -0.3 is 5.48 Å². The van der Waals surface area contributed by atoms with Gasteiger partial charge in [0.2, 0.25) is 0 Å². The first kappa shape index (κ1) is 46.4. The Bertz CT molecular complexity index is 11.6. The third-order valence-corrected chi connectivity index (χ3v) is 0. The summed E-state index contributed by atoms with van der Waals surface area (Å²) in [6, 6.07) is 0. The molecule has 0 aromatic carbocycles. The Morgan fingerprint density at radius 3 is 1.00 bits per heavy atom. The molecule has 0 unspecified atom stereocenters. The summed E-state index contributed by atoms with van der Waals surface area (Å²) in [6.07, 6.45) is 0. The standard InChI is InChI=1S/Ca.Cr.O.Si.Sn/q+2;+3;-2;2*+4. The fraction of sp³-hybridized carbons (Fsp3) is 0. The van der Waals surface area contributed by atoms with E-state index in [1.54, 1.807) is 0 Å². The van der Waals surface area contributed by atoms with Crippen LogP contribution in [0, 0.1) is 0 Å². The molecule has 5 heavy (non-hydrogen) atoms. The Labute approximate surface area is 93.7 Å². The topological polar surface area (TPSA) is 28.5 Å². The summed E-state index contributed by atoms with van der Waals surface area (Å²) in [5.41, 5.74) is 0. The molecule has 0 saturated heterocycles. The summed E-state index contributed by atoms with van der Waals surface area (Å²) < 4.78 is 0. The van der Waals surface area contributed by atoms with Gasteiger partial charge in [0.05, 0.1) is 0 Å². The minimum Gasteiger partial charge on any atom is -2.00 e. The van der Waals surface area contributed by atoms with Gasteiger partial charge >= 0.3 is 90.0 Å². The van der Waals surface area contributed by atoms with E-state index in [4.69, 9.17) is 0 Å². The van der Waals surface area contributed by atoms with E-state index in [1.165, 1.54) is 0 Å². The van der Waals surface area contributed by atoms with Gasteiger partial charge in [-0.3, -0.25) is 0 Å². The van der Waals surface area contributed by atoms with Crippen molar-refractivity contribution in [1.29, 1.82) is 0 Å². The molecule has 0 atom stereocenters. The molecule has 0 aromatic heterocycles. The van der Waals surface area contributed by atoms with Crippen molar-refractivity contribution in [2.75, 3.05) is 0 Å². The molecule has 11 valence electrons. The van der Waals surface area contributed by atoms with Crippen LogP contribution in [0.3, 0.4) is 0 Å².